The molecular formula is C49H35N3. The molecule has 0 saturated heterocycles. The fourth-order valence-electron chi connectivity index (χ4n) is 8.24. The minimum atomic E-state index is -0.205. The topological polar surface area (TPSA) is 30.7 Å². The van der Waals surface area contributed by atoms with Crippen molar-refractivity contribution in [1.29, 1.82) is 0 Å². The van der Waals surface area contributed by atoms with Crippen molar-refractivity contribution >= 4 is 21.8 Å². The monoisotopic (exact) mass is 665 g/mol. The Hall–Kier alpha value is -6.58. The van der Waals surface area contributed by atoms with Crippen molar-refractivity contribution in [3.05, 3.63) is 187 Å². The van der Waals surface area contributed by atoms with Gasteiger partial charge in [0, 0.05) is 38.6 Å². The molecule has 0 unspecified atom stereocenters. The summed E-state index contributed by atoms with van der Waals surface area (Å²) in [5, 5.41) is 2.52. The number of hydrogen-bond acceptors (Lipinski definition) is 2. The van der Waals surface area contributed by atoms with Crippen LogP contribution in [-0.2, 0) is 5.41 Å². The summed E-state index contributed by atoms with van der Waals surface area (Å²) in [4.78, 5) is 10.5. The van der Waals surface area contributed by atoms with Crippen LogP contribution in [0.2, 0.25) is 0 Å². The Labute approximate surface area is 303 Å². The van der Waals surface area contributed by atoms with Gasteiger partial charge in [0.25, 0.3) is 0 Å². The van der Waals surface area contributed by atoms with E-state index in [1.165, 1.54) is 60.9 Å². The average Bonchev–Trinajstić information content (AvgIpc) is 3.66. The maximum atomic E-state index is 5.23. The third kappa shape index (κ3) is 4.74. The van der Waals surface area contributed by atoms with E-state index in [1.807, 2.05) is 12.1 Å². The lowest BCUT2D eigenvalue weighted by Crippen LogP contribution is -2.15. The summed E-state index contributed by atoms with van der Waals surface area (Å²) in [5.41, 5.74) is 15.9. The van der Waals surface area contributed by atoms with Crippen molar-refractivity contribution in [2.75, 3.05) is 0 Å². The summed E-state index contributed by atoms with van der Waals surface area (Å²) in [6.07, 6.45) is 0. The van der Waals surface area contributed by atoms with Gasteiger partial charge in [0.2, 0.25) is 0 Å². The smallest absolute Gasteiger partial charge is 0.161 e. The van der Waals surface area contributed by atoms with E-state index in [-0.39, 0.29) is 5.41 Å². The van der Waals surface area contributed by atoms with Gasteiger partial charge in [-0.3, -0.25) is 0 Å². The van der Waals surface area contributed by atoms with Gasteiger partial charge in [0.1, 0.15) is 0 Å². The lowest BCUT2D eigenvalue weighted by Gasteiger charge is -2.22. The molecule has 246 valence electrons. The largest absolute Gasteiger partial charge is 0.309 e. The lowest BCUT2D eigenvalue weighted by molar-refractivity contribution is 0.660. The SMILES string of the molecule is CC1(C)c2cc(-c3ccc4c(c3)c3ccccc3n4-c3ccccc3)ccc2-c2c(-c3nc(-c4ccccc4)cc(-c4ccccc4)n3)cccc21. The molecule has 10 rings (SSSR count). The van der Waals surface area contributed by atoms with E-state index >= 15 is 0 Å². The van der Waals surface area contributed by atoms with Crippen molar-refractivity contribution in [2.45, 2.75) is 19.3 Å². The number of aromatic nitrogens is 3. The second kappa shape index (κ2) is 11.8. The molecule has 9 aromatic rings. The van der Waals surface area contributed by atoms with Crippen LogP contribution in [0.15, 0.2) is 176 Å². The highest BCUT2D eigenvalue weighted by atomic mass is 15.0. The Kier molecular flexibility index (Phi) is 6.84. The van der Waals surface area contributed by atoms with E-state index < -0.39 is 0 Å². The Morgan fingerprint density at radius 1 is 0.423 bits per heavy atom. The molecule has 52 heavy (non-hydrogen) atoms. The van der Waals surface area contributed by atoms with E-state index in [4.69, 9.17) is 9.97 Å². The van der Waals surface area contributed by atoms with Gasteiger partial charge in [0.15, 0.2) is 5.82 Å². The van der Waals surface area contributed by atoms with Gasteiger partial charge in [-0.15, -0.1) is 0 Å². The molecule has 3 heteroatoms. The predicted molar refractivity (Wildman–Crippen MR) is 216 cm³/mol. The van der Waals surface area contributed by atoms with Gasteiger partial charge in [-0.05, 0) is 75.8 Å². The molecule has 0 amide bonds. The normalized spacial score (nSPS) is 13.0. The minimum Gasteiger partial charge on any atom is -0.309 e. The second-order valence-electron chi connectivity index (χ2n) is 14.2. The van der Waals surface area contributed by atoms with Crippen LogP contribution in [0, 0.1) is 0 Å². The molecule has 1 aliphatic carbocycles. The van der Waals surface area contributed by atoms with Crippen LogP contribution >= 0.6 is 0 Å². The number of rotatable bonds is 5. The number of benzene rings is 7. The van der Waals surface area contributed by atoms with E-state index in [0.29, 0.717) is 0 Å². The summed E-state index contributed by atoms with van der Waals surface area (Å²) in [6, 6.07) is 62.9. The standard InChI is InChI=1S/C49H35N3/c1-49(2)41-23-14-22-39(48-50-43(32-15-6-3-7-16-32)31-44(51-48)33-17-8-4-9-18-33)47(41)38-27-25-35(30-42(38)49)34-26-28-46-40(29-34)37-21-12-13-24-45(37)52(46)36-19-10-5-11-20-36/h3-31H,1-2H3. The summed E-state index contributed by atoms with van der Waals surface area (Å²) >= 11 is 0. The van der Waals surface area contributed by atoms with Crippen molar-refractivity contribution < 1.29 is 0 Å². The summed E-state index contributed by atoms with van der Waals surface area (Å²) in [6.45, 7) is 4.69. The molecule has 1 aliphatic rings. The molecule has 0 radical (unpaired) electrons. The molecule has 0 bridgehead atoms. The fourth-order valence-corrected chi connectivity index (χ4v) is 8.24. The fraction of sp³-hybridized carbons (Fsp3) is 0.0612. The molecule has 2 heterocycles. The van der Waals surface area contributed by atoms with E-state index in [0.717, 1.165) is 33.9 Å². The van der Waals surface area contributed by atoms with Crippen molar-refractivity contribution in [3.63, 3.8) is 0 Å². The second-order valence-corrected chi connectivity index (χ2v) is 14.2. The van der Waals surface area contributed by atoms with Crippen LogP contribution in [0.4, 0.5) is 0 Å². The lowest BCUT2D eigenvalue weighted by atomic mass is 9.81. The zero-order valence-electron chi connectivity index (χ0n) is 29.1. The molecule has 0 atom stereocenters. The van der Waals surface area contributed by atoms with Crippen LogP contribution in [0.25, 0.3) is 83.6 Å². The Morgan fingerprint density at radius 3 is 1.73 bits per heavy atom. The van der Waals surface area contributed by atoms with E-state index in [2.05, 4.69) is 182 Å². The summed E-state index contributed by atoms with van der Waals surface area (Å²) in [7, 11) is 0. The van der Waals surface area contributed by atoms with Crippen LogP contribution in [0.1, 0.15) is 25.0 Å². The zero-order valence-corrected chi connectivity index (χ0v) is 29.1. The quantitative estimate of drug-likeness (QED) is 0.183. The van der Waals surface area contributed by atoms with Gasteiger partial charge in [-0.1, -0.05) is 147 Å². The molecule has 0 saturated carbocycles. The van der Waals surface area contributed by atoms with E-state index in [1.54, 1.807) is 0 Å². The highest BCUT2D eigenvalue weighted by Gasteiger charge is 2.37. The van der Waals surface area contributed by atoms with Gasteiger partial charge in [-0.25, -0.2) is 9.97 Å². The summed E-state index contributed by atoms with van der Waals surface area (Å²) < 4.78 is 2.37. The first-order chi connectivity index (χ1) is 25.5. The van der Waals surface area contributed by atoms with Crippen molar-refractivity contribution in [2.24, 2.45) is 0 Å². The highest BCUT2D eigenvalue weighted by Crippen LogP contribution is 2.53. The van der Waals surface area contributed by atoms with Gasteiger partial charge in [-0.2, -0.15) is 0 Å². The number of hydrogen-bond donors (Lipinski definition) is 0. The molecular weight excluding hydrogens is 631 g/mol. The predicted octanol–water partition coefficient (Wildman–Crippen LogP) is 12.5. The third-order valence-corrected chi connectivity index (χ3v) is 10.8. The molecule has 3 nitrogen and oxygen atoms in total. The Bertz CT molecular complexity index is 2740. The van der Waals surface area contributed by atoms with Crippen LogP contribution < -0.4 is 0 Å². The molecule has 0 spiro atoms. The minimum absolute atomic E-state index is 0.205. The first-order valence-corrected chi connectivity index (χ1v) is 17.9. The van der Waals surface area contributed by atoms with E-state index in [9.17, 15) is 0 Å². The first-order valence-electron chi connectivity index (χ1n) is 17.9. The number of nitrogens with zero attached hydrogens (tertiary/aromatic N) is 3. The molecule has 7 aromatic carbocycles. The van der Waals surface area contributed by atoms with Gasteiger partial charge in [0.05, 0.1) is 22.4 Å². The maximum absolute atomic E-state index is 5.23. The van der Waals surface area contributed by atoms with Gasteiger partial charge >= 0.3 is 0 Å². The van der Waals surface area contributed by atoms with Crippen molar-refractivity contribution in [3.8, 4) is 61.8 Å². The van der Waals surface area contributed by atoms with Crippen molar-refractivity contribution in [1.82, 2.24) is 14.5 Å². The molecule has 0 fully saturated rings. The van der Waals surface area contributed by atoms with Gasteiger partial charge < -0.3 is 4.57 Å². The Balaban J connectivity index is 1.12. The first kappa shape index (κ1) is 30.3. The molecule has 0 aliphatic heterocycles. The molecule has 2 aromatic heterocycles. The summed E-state index contributed by atoms with van der Waals surface area (Å²) in [5.74, 6) is 0.741. The third-order valence-electron chi connectivity index (χ3n) is 10.8. The van der Waals surface area contributed by atoms with Crippen LogP contribution in [0.3, 0.4) is 0 Å². The number of fused-ring (bicyclic) bond motifs is 6. The number of para-hydroxylation sites is 2. The van der Waals surface area contributed by atoms with Crippen LogP contribution in [-0.4, -0.2) is 14.5 Å². The Morgan fingerprint density at radius 2 is 1.02 bits per heavy atom. The maximum Gasteiger partial charge on any atom is 0.161 e. The van der Waals surface area contributed by atoms with Crippen LogP contribution in [0.5, 0.6) is 0 Å². The molecule has 0 N–H and O–H groups in total. The highest BCUT2D eigenvalue weighted by molar-refractivity contribution is 6.10. The zero-order chi connectivity index (χ0) is 34.8. The average molecular weight is 666 g/mol.